The van der Waals surface area contributed by atoms with Gasteiger partial charge in [-0.05, 0) is 61.5 Å². The summed E-state index contributed by atoms with van der Waals surface area (Å²) in [5, 5.41) is 15.6. The lowest BCUT2D eigenvalue weighted by Gasteiger charge is -2.14. The van der Waals surface area contributed by atoms with Gasteiger partial charge >= 0.3 is 0 Å². The Kier molecular flexibility index (Phi) is 5.80. The third kappa shape index (κ3) is 4.24. The molecule has 0 aliphatic rings. The monoisotopic (exact) mass is 408 g/mol. The van der Waals surface area contributed by atoms with Gasteiger partial charge in [0.1, 0.15) is 11.5 Å². The largest absolute Gasteiger partial charge is 0.505 e. The third-order valence-corrected chi connectivity index (χ3v) is 4.02. The number of hydrogen-bond acceptors (Lipinski definition) is 4. The Morgan fingerprint density at radius 2 is 1.96 bits per heavy atom. The minimum atomic E-state index is -0.408. The van der Waals surface area contributed by atoms with E-state index in [4.69, 9.17) is 17.0 Å². The lowest BCUT2D eigenvalue weighted by Crippen LogP contribution is -2.34. The first-order chi connectivity index (χ1) is 11.3. The number of amides is 1. The molecule has 0 unspecified atom stereocenters. The Labute approximate surface area is 154 Å². The number of carbonyl (C=O) groups excluding carboxylic acids is 1. The number of halogens is 1. The Balaban J connectivity index is 2.16. The Hall–Kier alpha value is -2.12. The van der Waals surface area contributed by atoms with E-state index in [1.807, 2.05) is 13.0 Å². The molecule has 126 valence electrons. The van der Waals surface area contributed by atoms with Crippen molar-refractivity contribution < 1.29 is 14.6 Å². The number of hydrogen-bond donors (Lipinski definition) is 3. The van der Waals surface area contributed by atoms with Gasteiger partial charge in [-0.25, -0.2) is 0 Å². The van der Waals surface area contributed by atoms with Crippen molar-refractivity contribution in [1.82, 2.24) is 5.32 Å². The highest BCUT2D eigenvalue weighted by atomic mass is 79.9. The molecule has 7 heteroatoms. The number of ether oxygens (including phenoxy) is 1. The van der Waals surface area contributed by atoms with Crippen LogP contribution in [0.4, 0.5) is 5.69 Å². The number of benzene rings is 2. The number of phenols is 1. The van der Waals surface area contributed by atoms with Crippen molar-refractivity contribution >= 4 is 44.9 Å². The third-order valence-electron chi connectivity index (χ3n) is 3.33. The second kappa shape index (κ2) is 7.63. The molecule has 5 nitrogen and oxygen atoms in total. The molecule has 0 aliphatic heterocycles. The summed E-state index contributed by atoms with van der Waals surface area (Å²) in [6, 6.07) is 8.71. The van der Waals surface area contributed by atoms with Gasteiger partial charge in [0.2, 0.25) is 0 Å². The van der Waals surface area contributed by atoms with E-state index >= 15 is 0 Å². The first-order valence-electron chi connectivity index (χ1n) is 7.08. The van der Waals surface area contributed by atoms with Crippen molar-refractivity contribution in [1.29, 1.82) is 0 Å². The van der Waals surface area contributed by atoms with Crippen LogP contribution in [0.15, 0.2) is 34.8 Å². The molecule has 1 amide bonds. The number of aromatic hydroxyl groups is 1. The van der Waals surface area contributed by atoms with Gasteiger partial charge in [-0.15, -0.1) is 0 Å². The molecule has 0 heterocycles. The first kappa shape index (κ1) is 18.2. The average Bonchev–Trinajstić information content (AvgIpc) is 2.51. The highest BCUT2D eigenvalue weighted by molar-refractivity contribution is 9.10. The maximum atomic E-state index is 12.4. The van der Waals surface area contributed by atoms with Crippen molar-refractivity contribution in [2.45, 2.75) is 13.8 Å². The molecular weight excluding hydrogens is 392 g/mol. The van der Waals surface area contributed by atoms with Crippen molar-refractivity contribution in [2.24, 2.45) is 0 Å². The maximum absolute atomic E-state index is 12.4. The fourth-order valence-corrected chi connectivity index (χ4v) is 2.80. The number of methoxy groups -OCH3 is 1. The second-order valence-electron chi connectivity index (χ2n) is 5.23. The molecule has 0 saturated carbocycles. The smallest absolute Gasteiger partial charge is 0.261 e. The average molecular weight is 409 g/mol. The lowest BCUT2D eigenvalue weighted by molar-refractivity contribution is 0.0974. The standard InChI is InChI=1S/C17H17BrN2O3S/c1-9-6-10(2)15(21)13(7-9)19-17(24)20-16(22)12-8-11(18)4-5-14(12)23-3/h4-8,21H,1-3H3,(H2,19,20,22,24). The number of anilines is 1. The van der Waals surface area contributed by atoms with Gasteiger partial charge in [0.25, 0.3) is 5.91 Å². The molecular formula is C17H17BrN2O3S. The normalized spacial score (nSPS) is 10.2. The number of nitrogens with one attached hydrogen (secondary N) is 2. The number of phenolic OH excluding ortho intramolecular Hbond substituents is 1. The van der Waals surface area contributed by atoms with Crippen molar-refractivity contribution in [3.63, 3.8) is 0 Å². The van der Waals surface area contributed by atoms with Crippen molar-refractivity contribution in [3.8, 4) is 11.5 Å². The maximum Gasteiger partial charge on any atom is 0.261 e. The van der Waals surface area contributed by atoms with Crippen LogP contribution in [-0.2, 0) is 0 Å². The molecule has 0 aliphatic carbocycles. The summed E-state index contributed by atoms with van der Waals surface area (Å²) in [7, 11) is 1.49. The van der Waals surface area contributed by atoms with Gasteiger partial charge in [-0.2, -0.15) is 0 Å². The molecule has 0 fully saturated rings. The zero-order chi connectivity index (χ0) is 17.9. The van der Waals surface area contributed by atoms with Crippen molar-refractivity contribution in [3.05, 3.63) is 51.5 Å². The molecule has 0 radical (unpaired) electrons. The Bertz CT molecular complexity index is 809. The van der Waals surface area contributed by atoms with E-state index in [1.54, 1.807) is 31.2 Å². The SMILES string of the molecule is COc1ccc(Br)cc1C(=O)NC(=S)Nc1cc(C)cc(C)c1O. The van der Waals surface area contributed by atoms with E-state index in [2.05, 4.69) is 26.6 Å². The molecule has 0 atom stereocenters. The highest BCUT2D eigenvalue weighted by Gasteiger charge is 2.15. The van der Waals surface area contributed by atoms with E-state index in [1.165, 1.54) is 7.11 Å². The van der Waals surface area contributed by atoms with Crippen LogP contribution in [0, 0.1) is 13.8 Å². The summed E-state index contributed by atoms with van der Waals surface area (Å²) in [6.45, 7) is 3.70. The number of aryl methyl sites for hydroxylation is 2. The van der Waals surface area contributed by atoms with E-state index in [9.17, 15) is 9.90 Å². The predicted octanol–water partition coefficient (Wildman–Crippen LogP) is 3.91. The summed E-state index contributed by atoms with van der Waals surface area (Å²) in [6.07, 6.45) is 0. The molecule has 2 aromatic carbocycles. The number of rotatable bonds is 3. The molecule has 0 saturated heterocycles. The summed E-state index contributed by atoms with van der Waals surface area (Å²) in [5.41, 5.74) is 2.48. The summed E-state index contributed by atoms with van der Waals surface area (Å²) in [4.78, 5) is 12.4. The van der Waals surface area contributed by atoms with E-state index in [0.717, 1.165) is 15.6 Å². The number of carbonyl (C=O) groups is 1. The van der Waals surface area contributed by atoms with Crippen LogP contribution in [0.1, 0.15) is 21.5 Å². The highest BCUT2D eigenvalue weighted by Crippen LogP contribution is 2.28. The van der Waals surface area contributed by atoms with Gasteiger partial charge in [-0.3, -0.25) is 10.1 Å². The quantitative estimate of drug-likeness (QED) is 0.530. The van der Waals surface area contributed by atoms with Crippen LogP contribution in [0.3, 0.4) is 0 Å². The molecule has 0 bridgehead atoms. The summed E-state index contributed by atoms with van der Waals surface area (Å²) in [5.74, 6) is 0.125. The minimum Gasteiger partial charge on any atom is -0.505 e. The Morgan fingerprint density at radius 3 is 2.62 bits per heavy atom. The van der Waals surface area contributed by atoms with Crippen LogP contribution in [0.5, 0.6) is 11.5 Å². The zero-order valence-electron chi connectivity index (χ0n) is 13.4. The van der Waals surface area contributed by atoms with Crippen molar-refractivity contribution in [2.75, 3.05) is 12.4 Å². The lowest BCUT2D eigenvalue weighted by atomic mass is 10.1. The van der Waals surface area contributed by atoms with Gasteiger partial charge in [0.05, 0.1) is 18.4 Å². The van der Waals surface area contributed by atoms with Crippen LogP contribution in [0.25, 0.3) is 0 Å². The zero-order valence-corrected chi connectivity index (χ0v) is 15.8. The number of thiocarbonyl (C=S) groups is 1. The van der Waals surface area contributed by atoms with E-state index in [0.29, 0.717) is 17.0 Å². The molecule has 3 N–H and O–H groups in total. The van der Waals surface area contributed by atoms with Crippen LogP contribution >= 0.6 is 28.1 Å². The first-order valence-corrected chi connectivity index (χ1v) is 8.28. The molecule has 2 aromatic rings. The molecule has 2 rings (SSSR count). The molecule has 24 heavy (non-hydrogen) atoms. The van der Waals surface area contributed by atoms with Gasteiger partial charge in [-0.1, -0.05) is 22.0 Å². The van der Waals surface area contributed by atoms with Crippen LogP contribution < -0.4 is 15.4 Å². The summed E-state index contributed by atoms with van der Waals surface area (Å²) >= 11 is 8.49. The summed E-state index contributed by atoms with van der Waals surface area (Å²) < 4.78 is 5.94. The predicted molar refractivity (Wildman–Crippen MR) is 102 cm³/mol. The van der Waals surface area contributed by atoms with Crippen LogP contribution in [0.2, 0.25) is 0 Å². The Morgan fingerprint density at radius 1 is 1.25 bits per heavy atom. The van der Waals surface area contributed by atoms with E-state index < -0.39 is 5.91 Å². The van der Waals surface area contributed by atoms with Gasteiger partial charge in [0, 0.05) is 4.47 Å². The molecule has 0 aromatic heterocycles. The van der Waals surface area contributed by atoms with Gasteiger partial charge in [0.15, 0.2) is 5.11 Å². The minimum absolute atomic E-state index is 0.0855. The van der Waals surface area contributed by atoms with Gasteiger partial charge < -0.3 is 15.2 Å². The fourth-order valence-electron chi connectivity index (χ4n) is 2.24. The molecule has 0 spiro atoms. The fraction of sp³-hybridized carbons (Fsp3) is 0.176. The van der Waals surface area contributed by atoms with E-state index in [-0.39, 0.29) is 10.9 Å². The second-order valence-corrected chi connectivity index (χ2v) is 6.55. The topological polar surface area (TPSA) is 70.6 Å². The van der Waals surface area contributed by atoms with Crippen LogP contribution in [-0.4, -0.2) is 23.2 Å².